The van der Waals surface area contributed by atoms with Gasteiger partial charge >= 0.3 is 15.6 Å². The van der Waals surface area contributed by atoms with E-state index in [-0.39, 0.29) is 13.2 Å². The van der Waals surface area contributed by atoms with E-state index in [0.29, 0.717) is 0 Å². The zero-order valence-electron chi connectivity index (χ0n) is 7.74. The molecule has 0 bridgehead atoms. The molecule has 0 aromatic rings. The van der Waals surface area contributed by atoms with Crippen LogP contribution in [0.4, 0.5) is 0 Å². The van der Waals surface area contributed by atoms with E-state index in [2.05, 4.69) is 13.4 Å². The first-order chi connectivity index (χ1) is 6.12. The fraction of sp³-hybridized carbons (Fsp3) is 1.00. The van der Waals surface area contributed by atoms with E-state index in [1.54, 1.807) is 13.8 Å². The van der Waals surface area contributed by atoms with Gasteiger partial charge in [-0.3, -0.25) is 9.05 Å². The van der Waals surface area contributed by atoms with Crippen LogP contribution in [0.5, 0.6) is 0 Å². The van der Waals surface area contributed by atoms with E-state index in [4.69, 9.17) is 9.79 Å². The van der Waals surface area contributed by atoms with E-state index in [1.165, 1.54) is 0 Å². The highest BCUT2D eigenvalue weighted by atomic mass is 31.3. The zero-order chi connectivity index (χ0) is 11.0. The van der Waals surface area contributed by atoms with Crippen molar-refractivity contribution in [3.05, 3.63) is 0 Å². The van der Waals surface area contributed by atoms with Crippen molar-refractivity contribution in [2.75, 3.05) is 13.2 Å². The average molecular weight is 246 g/mol. The molecule has 1 aliphatic rings. The van der Waals surface area contributed by atoms with Gasteiger partial charge in [0.1, 0.15) is 0 Å². The van der Waals surface area contributed by atoms with Gasteiger partial charge in [0, 0.05) is 5.41 Å². The molecule has 1 aliphatic heterocycles. The van der Waals surface area contributed by atoms with E-state index in [0.717, 1.165) is 0 Å². The van der Waals surface area contributed by atoms with Gasteiger partial charge in [0.05, 0.1) is 13.2 Å². The summed E-state index contributed by atoms with van der Waals surface area (Å²) in [5.41, 5.74) is -0.624. The lowest BCUT2D eigenvalue weighted by Gasteiger charge is -2.29. The Bertz CT molecular complexity index is 283. The minimum atomic E-state index is -4.50. The smallest absolute Gasteiger partial charge is 0.302 e. The lowest BCUT2D eigenvalue weighted by molar-refractivity contribution is 0.0462. The van der Waals surface area contributed by atoms with Gasteiger partial charge in [0.2, 0.25) is 0 Å². The fourth-order valence-electron chi connectivity index (χ4n) is 0.732. The minimum Gasteiger partial charge on any atom is -0.302 e. The predicted molar refractivity (Wildman–Crippen MR) is 46.4 cm³/mol. The van der Waals surface area contributed by atoms with Crippen LogP contribution in [0.2, 0.25) is 0 Å². The molecular weight excluding hydrogens is 234 g/mol. The van der Waals surface area contributed by atoms with Crippen LogP contribution in [0.1, 0.15) is 13.8 Å². The summed E-state index contributed by atoms with van der Waals surface area (Å²) in [6.45, 7) is 3.14. The number of phosphoric acid groups is 2. The van der Waals surface area contributed by atoms with E-state index in [1.807, 2.05) is 0 Å². The second kappa shape index (κ2) is 3.68. The van der Waals surface area contributed by atoms with E-state index < -0.39 is 21.1 Å². The standard InChI is InChI=1S/C5H12O7P2/c1-5(2)3-10-13(6,7)12-14(8,9)11-4-5/h3-4H2,1-2H3,(H,6,7)(H,8,9). The molecule has 14 heavy (non-hydrogen) atoms. The first-order valence-corrected chi connectivity index (χ1v) is 6.77. The summed E-state index contributed by atoms with van der Waals surface area (Å²) in [5.74, 6) is 0. The van der Waals surface area contributed by atoms with Crippen LogP contribution in [0.25, 0.3) is 0 Å². The number of hydrogen-bond donors (Lipinski definition) is 2. The molecule has 1 saturated heterocycles. The first kappa shape index (κ1) is 12.3. The maximum atomic E-state index is 11.0. The van der Waals surface area contributed by atoms with Gasteiger partial charge in [-0.2, -0.15) is 4.31 Å². The third-order valence-electron chi connectivity index (χ3n) is 1.44. The molecule has 0 aromatic carbocycles. The summed E-state index contributed by atoms with van der Waals surface area (Å²) in [6, 6.07) is 0. The molecule has 1 rings (SSSR count). The molecule has 0 amide bonds. The van der Waals surface area contributed by atoms with Gasteiger partial charge in [-0.25, -0.2) is 9.13 Å². The monoisotopic (exact) mass is 246 g/mol. The van der Waals surface area contributed by atoms with Crippen molar-refractivity contribution in [2.24, 2.45) is 5.41 Å². The quantitative estimate of drug-likeness (QED) is 0.620. The Morgan fingerprint density at radius 1 is 1.07 bits per heavy atom. The molecule has 2 N–H and O–H groups in total. The summed E-state index contributed by atoms with van der Waals surface area (Å²) in [6.07, 6.45) is 0. The van der Waals surface area contributed by atoms with Crippen molar-refractivity contribution >= 4 is 15.6 Å². The highest BCUT2D eigenvalue weighted by molar-refractivity contribution is 7.61. The molecule has 84 valence electrons. The third-order valence-corrected chi connectivity index (χ3v) is 4.00. The van der Waals surface area contributed by atoms with Crippen molar-refractivity contribution in [3.8, 4) is 0 Å². The van der Waals surface area contributed by atoms with Crippen LogP contribution < -0.4 is 0 Å². The Hall–Kier alpha value is 0.260. The predicted octanol–water partition coefficient (Wildman–Crippen LogP) is 1.28. The molecule has 1 fully saturated rings. The molecule has 0 radical (unpaired) electrons. The van der Waals surface area contributed by atoms with Gasteiger partial charge in [-0.1, -0.05) is 13.8 Å². The summed E-state index contributed by atoms with van der Waals surface area (Å²) in [4.78, 5) is 17.9. The Morgan fingerprint density at radius 2 is 1.43 bits per heavy atom. The summed E-state index contributed by atoms with van der Waals surface area (Å²) >= 11 is 0. The zero-order valence-corrected chi connectivity index (χ0v) is 9.53. The van der Waals surface area contributed by atoms with Crippen LogP contribution in [-0.2, 0) is 22.5 Å². The van der Waals surface area contributed by atoms with Crippen molar-refractivity contribution in [2.45, 2.75) is 13.8 Å². The largest absolute Gasteiger partial charge is 0.481 e. The molecular formula is C5H12O7P2. The molecule has 7 nitrogen and oxygen atoms in total. The molecule has 0 saturated carbocycles. The van der Waals surface area contributed by atoms with Gasteiger partial charge in [0.25, 0.3) is 0 Å². The molecule has 2 unspecified atom stereocenters. The van der Waals surface area contributed by atoms with Crippen molar-refractivity contribution in [3.63, 3.8) is 0 Å². The number of rotatable bonds is 0. The van der Waals surface area contributed by atoms with Gasteiger partial charge in [-0.15, -0.1) is 0 Å². The maximum Gasteiger partial charge on any atom is 0.481 e. The third kappa shape index (κ3) is 3.79. The molecule has 0 aliphatic carbocycles. The van der Waals surface area contributed by atoms with Gasteiger partial charge in [0.15, 0.2) is 0 Å². The minimum absolute atomic E-state index is 0.0965. The fourth-order valence-corrected chi connectivity index (χ4v) is 3.18. The summed E-state index contributed by atoms with van der Waals surface area (Å²) in [7, 11) is -8.99. The van der Waals surface area contributed by atoms with Crippen LogP contribution in [-0.4, -0.2) is 23.0 Å². The average Bonchev–Trinajstić information content (AvgIpc) is 1.96. The molecule has 2 atom stereocenters. The Kier molecular flexibility index (Phi) is 3.24. The first-order valence-electron chi connectivity index (χ1n) is 3.78. The van der Waals surface area contributed by atoms with Gasteiger partial charge < -0.3 is 9.79 Å². The van der Waals surface area contributed by atoms with Crippen molar-refractivity contribution in [1.82, 2.24) is 0 Å². The lowest BCUT2D eigenvalue weighted by atomic mass is 9.97. The van der Waals surface area contributed by atoms with Crippen LogP contribution in [0.3, 0.4) is 0 Å². The second-order valence-electron chi connectivity index (χ2n) is 3.73. The molecule has 0 spiro atoms. The lowest BCUT2D eigenvalue weighted by Crippen LogP contribution is -2.26. The van der Waals surface area contributed by atoms with Crippen LogP contribution in [0.15, 0.2) is 0 Å². The maximum absolute atomic E-state index is 11.0. The number of hydrogen-bond acceptors (Lipinski definition) is 5. The molecule has 0 aromatic heterocycles. The summed E-state index contributed by atoms with van der Waals surface area (Å²) < 4.78 is 35.0. The summed E-state index contributed by atoms with van der Waals surface area (Å²) in [5, 5.41) is 0. The normalized spacial score (nSPS) is 44.0. The highest BCUT2D eigenvalue weighted by Crippen LogP contribution is 2.62. The Balaban J connectivity index is 2.86. The van der Waals surface area contributed by atoms with Crippen molar-refractivity contribution < 1.29 is 32.3 Å². The van der Waals surface area contributed by atoms with Gasteiger partial charge in [-0.05, 0) is 0 Å². The topological polar surface area (TPSA) is 102 Å². The van der Waals surface area contributed by atoms with Crippen LogP contribution >= 0.6 is 15.6 Å². The SMILES string of the molecule is CC1(C)COP(=O)(O)OP(=O)(O)OC1. The van der Waals surface area contributed by atoms with Crippen molar-refractivity contribution in [1.29, 1.82) is 0 Å². The molecule has 9 heteroatoms. The van der Waals surface area contributed by atoms with E-state index in [9.17, 15) is 9.13 Å². The Morgan fingerprint density at radius 3 is 1.79 bits per heavy atom. The van der Waals surface area contributed by atoms with E-state index >= 15 is 0 Å². The molecule has 1 heterocycles. The van der Waals surface area contributed by atoms with Crippen LogP contribution in [0, 0.1) is 5.41 Å². The number of phosphoric ester groups is 2. The Labute approximate surface area is 81.2 Å². The second-order valence-corrected chi connectivity index (χ2v) is 6.77. The highest BCUT2D eigenvalue weighted by Gasteiger charge is 2.40.